The molecule has 0 aromatic heterocycles. The number of carboxylic acids is 1. The van der Waals surface area contributed by atoms with Gasteiger partial charge in [0.2, 0.25) is 0 Å². The number of fused-ring (bicyclic) bond motifs is 1. The molecule has 2 rings (SSSR count). The van der Waals surface area contributed by atoms with Crippen molar-refractivity contribution in [1.82, 2.24) is 5.01 Å². The predicted molar refractivity (Wildman–Crippen MR) is 79.9 cm³/mol. The van der Waals surface area contributed by atoms with Crippen LogP contribution in [-0.2, 0) is 9.59 Å². The van der Waals surface area contributed by atoms with Gasteiger partial charge in [-0.3, -0.25) is 9.59 Å². The zero-order valence-corrected chi connectivity index (χ0v) is 12.1. The van der Waals surface area contributed by atoms with Gasteiger partial charge >= 0.3 is 5.97 Å². The molecule has 2 unspecified atom stereocenters. The molecule has 110 valence electrons. The van der Waals surface area contributed by atoms with E-state index in [1.165, 1.54) is 5.01 Å². The van der Waals surface area contributed by atoms with Crippen LogP contribution in [0.5, 0.6) is 0 Å². The van der Waals surface area contributed by atoms with Crippen LogP contribution < -0.4 is 0 Å². The number of carboxylic acid groups (broad SMARTS) is 1. The van der Waals surface area contributed by atoms with E-state index in [0.717, 1.165) is 17.2 Å². The maximum atomic E-state index is 12.1. The van der Waals surface area contributed by atoms with Crippen LogP contribution in [-0.4, -0.2) is 28.2 Å². The molecule has 0 aliphatic carbocycles. The summed E-state index contributed by atoms with van der Waals surface area (Å²) in [6.07, 6.45) is 3.10. The van der Waals surface area contributed by atoms with Crippen molar-refractivity contribution < 1.29 is 14.7 Å². The SMILES string of the molecule is C=CC(=O)N1N=Cc2ccccc2C1C(C)(CC)C(=O)O. The number of nitrogens with zero attached hydrogens (tertiary/aromatic N) is 2. The van der Waals surface area contributed by atoms with E-state index in [0.29, 0.717) is 6.42 Å². The minimum absolute atomic E-state index is 0.373. The zero-order valence-electron chi connectivity index (χ0n) is 12.1. The van der Waals surface area contributed by atoms with E-state index in [1.54, 1.807) is 20.1 Å². The van der Waals surface area contributed by atoms with Crippen LogP contribution in [0.25, 0.3) is 0 Å². The summed E-state index contributed by atoms with van der Waals surface area (Å²) in [6.45, 7) is 6.90. The quantitative estimate of drug-likeness (QED) is 0.865. The zero-order chi connectivity index (χ0) is 15.6. The molecule has 1 aliphatic heterocycles. The predicted octanol–water partition coefficient (Wildman–Crippen LogP) is 2.59. The third-order valence-corrected chi connectivity index (χ3v) is 4.08. The Kier molecular flexibility index (Phi) is 3.93. The van der Waals surface area contributed by atoms with E-state index in [4.69, 9.17) is 0 Å². The number of benzene rings is 1. The molecule has 1 heterocycles. The van der Waals surface area contributed by atoms with E-state index in [9.17, 15) is 14.7 Å². The number of hydrazone groups is 1. The number of carbonyl (C=O) groups is 2. The Balaban J connectivity index is 2.64. The highest BCUT2D eigenvalue weighted by molar-refractivity contribution is 5.92. The summed E-state index contributed by atoms with van der Waals surface area (Å²) in [5, 5.41) is 15.0. The first kappa shape index (κ1) is 15.0. The van der Waals surface area contributed by atoms with Gasteiger partial charge in [-0.15, -0.1) is 0 Å². The fourth-order valence-electron chi connectivity index (χ4n) is 2.55. The van der Waals surface area contributed by atoms with Crippen molar-refractivity contribution in [3.8, 4) is 0 Å². The highest BCUT2D eigenvalue weighted by Gasteiger charge is 2.47. The second-order valence-corrected chi connectivity index (χ2v) is 5.24. The van der Waals surface area contributed by atoms with Crippen molar-refractivity contribution in [3.05, 3.63) is 48.0 Å². The summed E-state index contributed by atoms with van der Waals surface area (Å²) in [5.41, 5.74) is 0.484. The smallest absolute Gasteiger partial charge is 0.311 e. The maximum absolute atomic E-state index is 12.1. The first-order chi connectivity index (χ1) is 9.95. The van der Waals surface area contributed by atoms with Crippen LogP contribution in [0.15, 0.2) is 42.0 Å². The van der Waals surface area contributed by atoms with Crippen molar-refractivity contribution in [2.45, 2.75) is 26.3 Å². The van der Waals surface area contributed by atoms with E-state index >= 15 is 0 Å². The van der Waals surface area contributed by atoms with E-state index in [2.05, 4.69) is 11.7 Å². The molecule has 5 heteroatoms. The van der Waals surface area contributed by atoms with Crippen LogP contribution in [0, 0.1) is 5.41 Å². The number of carbonyl (C=O) groups excluding carboxylic acids is 1. The Labute approximate surface area is 123 Å². The van der Waals surface area contributed by atoms with Crippen molar-refractivity contribution in [1.29, 1.82) is 0 Å². The Morgan fingerprint density at radius 2 is 2.14 bits per heavy atom. The molecule has 1 aromatic carbocycles. The van der Waals surface area contributed by atoms with Crippen LogP contribution in [0.1, 0.15) is 37.4 Å². The molecule has 0 spiro atoms. The minimum Gasteiger partial charge on any atom is -0.481 e. The average Bonchev–Trinajstić information content (AvgIpc) is 2.52. The number of rotatable bonds is 4. The molecular weight excluding hydrogens is 268 g/mol. The third-order valence-electron chi connectivity index (χ3n) is 4.08. The molecule has 1 N–H and O–H groups in total. The highest BCUT2D eigenvalue weighted by Crippen LogP contribution is 2.44. The molecule has 1 aliphatic rings. The highest BCUT2D eigenvalue weighted by atomic mass is 16.4. The number of hydrogen-bond donors (Lipinski definition) is 1. The first-order valence-electron chi connectivity index (χ1n) is 6.77. The molecule has 0 bridgehead atoms. The van der Waals surface area contributed by atoms with Gasteiger partial charge in [-0.05, 0) is 30.5 Å². The molecule has 2 atom stereocenters. The largest absolute Gasteiger partial charge is 0.481 e. The summed E-state index contributed by atoms with van der Waals surface area (Å²) in [5.74, 6) is -1.37. The second kappa shape index (κ2) is 5.52. The average molecular weight is 286 g/mol. The Bertz CT molecular complexity index is 624. The van der Waals surface area contributed by atoms with Crippen LogP contribution >= 0.6 is 0 Å². The Hall–Kier alpha value is -2.43. The maximum Gasteiger partial charge on any atom is 0.311 e. The van der Waals surface area contributed by atoms with Gasteiger partial charge < -0.3 is 5.11 Å². The van der Waals surface area contributed by atoms with Crippen molar-refractivity contribution in [2.75, 3.05) is 0 Å². The Morgan fingerprint density at radius 1 is 1.48 bits per heavy atom. The van der Waals surface area contributed by atoms with E-state index < -0.39 is 23.3 Å². The summed E-state index contributed by atoms with van der Waals surface area (Å²) in [6, 6.07) is 6.73. The summed E-state index contributed by atoms with van der Waals surface area (Å²) < 4.78 is 0. The number of amides is 1. The minimum atomic E-state index is -1.13. The van der Waals surface area contributed by atoms with Gasteiger partial charge in [0.15, 0.2) is 0 Å². The molecule has 1 amide bonds. The van der Waals surface area contributed by atoms with Gasteiger partial charge in [0.25, 0.3) is 5.91 Å². The fraction of sp³-hybridized carbons (Fsp3) is 0.312. The lowest BCUT2D eigenvalue weighted by Crippen LogP contribution is -2.45. The van der Waals surface area contributed by atoms with Gasteiger partial charge in [-0.25, -0.2) is 5.01 Å². The van der Waals surface area contributed by atoms with Crippen molar-refractivity contribution in [3.63, 3.8) is 0 Å². The molecule has 5 nitrogen and oxygen atoms in total. The topological polar surface area (TPSA) is 70.0 Å². The van der Waals surface area contributed by atoms with Crippen molar-refractivity contribution >= 4 is 18.1 Å². The molecule has 1 aromatic rings. The number of hydrogen-bond acceptors (Lipinski definition) is 3. The lowest BCUT2D eigenvalue weighted by atomic mass is 9.74. The normalized spacial score (nSPS) is 19.5. The molecular formula is C16H18N2O3. The standard InChI is InChI=1S/C16H18N2O3/c1-4-13(19)18-14(16(3,5-2)15(20)21)12-9-7-6-8-11(12)10-17-18/h4,6-10,14H,1,5H2,2-3H3,(H,20,21). The lowest BCUT2D eigenvalue weighted by molar-refractivity contribution is -0.155. The Morgan fingerprint density at radius 3 is 2.71 bits per heavy atom. The first-order valence-corrected chi connectivity index (χ1v) is 6.77. The monoisotopic (exact) mass is 286 g/mol. The molecule has 0 fully saturated rings. The number of aliphatic carboxylic acids is 1. The van der Waals surface area contributed by atoms with Gasteiger partial charge in [-0.2, -0.15) is 5.10 Å². The third kappa shape index (κ3) is 2.35. The lowest BCUT2D eigenvalue weighted by Gasteiger charge is -2.40. The summed E-state index contributed by atoms with van der Waals surface area (Å²) >= 11 is 0. The summed E-state index contributed by atoms with van der Waals surface area (Å²) in [7, 11) is 0. The van der Waals surface area contributed by atoms with E-state index in [-0.39, 0.29) is 0 Å². The van der Waals surface area contributed by atoms with Crippen molar-refractivity contribution in [2.24, 2.45) is 10.5 Å². The fourth-order valence-corrected chi connectivity index (χ4v) is 2.55. The van der Waals surface area contributed by atoms with Gasteiger partial charge in [0, 0.05) is 0 Å². The second-order valence-electron chi connectivity index (χ2n) is 5.24. The van der Waals surface area contributed by atoms with Crippen LogP contribution in [0.2, 0.25) is 0 Å². The molecule has 0 radical (unpaired) electrons. The van der Waals surface area contributed by atoms with Crippen LogP contribution in [0.3, 0.4) is 0 Å². The van der Waals surface area contributed by atoms with Gasteiger partial charge in [-0.1, -0.05) is 37.8 Å². The molecule has 0 saturated heterocycles. The van der Waals surface area contributed by atoms with Gasteiger partial charge in [0.05, 0.1) is 17.7 Å². The van der Waals surface area contributed by atoms with E-state index in [1.807, 2.05) is 24.3 Å². The molecule has 21 heavy (non-hydrogen) atoms. The summed E-state index contributed by atoms with van der Waals surface area (Å²) in [4.78, 5) is 23.9. The van der Waals surface area contributed by atoms with Gasteiger partial charge in [0.1, 0.15) is 0 Å². The van der Waals surface area contributed by atoms with Crippen LogP contribution in [0.4, 0.5) is 0 Å². The molecule has 0 saturated carbocycles.